The van der Waals surface area contributed by atoms with Crippen molar-refractivity contribution in [1.29, 1.82) is 5.26 Å². The summed E-state index contributed by atoms with van der Waals surface area (Å²) < 4.78 is 4.75. The number of rotatable bonds is 1. The molecule has 10 heavy (non-hydrogen) atoms. The van der Waals surface area contributed by atoms with E-state index in [4.69, 9.17) is 9.68 Å². The summed E-state index contributed by atoms with van der Waals surface area (Å²) in [7, 11) is 0. The molecule has 0 amide bonds. The Balaban J connectivity index is 3.24. The molecular weight excluding hydrogens is 132 g/mol. The van der Waals surface area contributed by atoms with Gasteiger partial charge in [-0.25, -0.2) is 4.98 Å². The van der Waals surface area contributed by atoms with E-state index in [2.05, 4.69) is 4.98 Å². The second-order valence-corrected chi connectivity index (χ2v) is 1.68. The first-order valence-corrected chi connectivity index (χ1v) is 2.60. The highest BCUT2D eigenvalue weighted by atomic mass is 16.4. The Labute approximate surface area is 57.1 Å². The van der Waals surface area contributed by atoms with Crippen LogP contribution in [0.3, 0.4) is 0 Å². The lowest BCUT2D eigenvalue weighted by Crippen LogP contribution is -1.80. The number of carbonyl (C=O) groups excluding carboxylic acids is 1. The fourth-order valence-electron chi connectivity index (χ4n) is 0.603. The minimum absolute atomic E-state index is 0.000000000000000222. The smallest absolute Gasteiger partial charge is 0.205 e. The van der Waals surface area contributed by atoms with E-state index in [1.165, 1.54) is 0 Å². The molecule has 4 nitrogen and oxygen atoms in total. The largest absolute Gasteiger partial charge is 0.437 e. The highest BCUT2D eigenvalue weighted by molar-refractivity contribution is 5.73. The molecule has 1 heterocycles. The number of carbonyl (C=O) groups is 1. The summed E-state index contributed by atoms with van der Waals surface area (Å²) in [6.07, 6.45) is 0.471. The molecule has 4 heteroatoms. The topological polar surface area (TPSA) is 66.9 Å². The number of aldehydes is 1. The maximum absolute atomic E-state index is 10.1. The first-order valence-electron chi connectivity index (χ1n) is 2.60. The number of hydrogen-bond acceptors (Lipinski definition) is 4. The average molecular weight is 136 g/mol. The van der Waals surface area contributed by atoms with Gasteiger partial charge in [-0.3, -0.25) is 4.79 Å². The lowest BCUT2D eigenvalue weighted by Gasteiger charge is -1.74. The third kappa shape index (κ3) is 0.890. The van der Waals surface area contributed by atoms with Gasteiger partial charge < -0.3 is 4.42 Å². The molecule has 0 saturated carbocycles. The second kappa shape index (κ2) is 2.31. The number of nitriles is 1. The van der Waals surface area contributed by atoms with Crippen molar-refractivity contribution in [3.05, 3.63) is 17.3 Å². The molecule has 0 aliphatic carbocycles. The quantitative estimate of drug-likeness (QED) is 0.532. The lowest BCUT2D eigenvalue weighted by atomic mass is 10.4. The predicted molar refractivity (Wildman–Crippen MR) is 31.3 cm³/mol. The monoisotopic (exact) mass is 136 g/mol. The van der Waals surface area contributed by atoms with Gasteiger partial charge in [-0.05, 0) is 0 Å². The Morgan fingerprint density at radius 1 is 1.80 bits per heavy atom. The Hall–Kier alpha value is -1.63. The summed E-state index contributed by atoms with van der Waals surface area (Å²) in [5.41, 5.74) is 0.0486. The van der Waals surface area contributed by atoms with Gasteiger partial charge in [0.2, 0.25) is 5.76 Å². The van der Waals surface area contributed by atoms with Gasteiger partial charge >= 0.3 is 0 Å². The van der Waals surface area contributed by atoms with Crippen LogP contribution in [0.2, 0.25) is 0 Å². The third-order valence-electron chi connectivity index (χ3n) is 0.973. The number of aromatic nitrogens is 1. The van der Waals surface area contributed by atoms with Crippen molar-refractivity contribution in [1.82, 2.24) is 4.98 Å². The van der Waals surface area contributed by atoms with Gasteiger partial charge in [-0.1, -0.05) is 0 Å². The van der Waals surface area contributed by atoms with Crippen LogP contribution in [0.15, 0.2) is 4.42 Å². The Kier molecular flexibility index (Phi) is 1.50. The van der Waals surface area contributed by atoms with Crippen LogP contribution in [-0.2, 0) is 0 Å². The molecule has 0 N–H and O–H groups in total. The fraction of sp³-hybridized carbons (Fsp3) is 0.167. The summed E-state index contributed by atoms with van der Waals surface area (Å²) in [4.78, 5) is 13.8. The summed E-state index contributed by atoms with van der Waals surface area (Å²) >= 11 is 0. The molecule has 0 aromatic carbocycles. The van der Waals surface area contributed by atoms with Gasteiger partial charge in [0.05, 0.1) is 0 Å². The number of aryl methyl sites for hydroxylation is 1. The number of nitrogens with zero attached hydrogens (tertiary/aromatic N) is 2. The molecule has 1 aromatic rings. The van der Waals surface area contributed by atoms with Gasteiger partial charge in [-0.2, -0.15) is 5.26 Å². The van der Waals surface area contributed by atoms with Crippen LogP contribution < -0.4 is 0 Å². The van der Waals surface area contributed by atoms with Crippen molar-refractivity contribution in [2.24, 2.45) is 0 Å². The summed E-state index contributed by atoms with van der Waals surface area (Å²) in [6, 6.07) is 1.73. The molecule has 0 radical (unpaired) electrons. The van der Waals surface area contributed by atoms with E-state index in [0.717, 1.165) is 0 Å². The van der Waals surface area contributed by atoms with Gasteiger partial charge in [0.25, 0.3) is 0 Å². The molecule has 0 unspecified atom stereocenters. The SMILES string of the molecule is Cc1nc(C#N)c(C=O)o1. The number of hydrogen-bond donors (Lipinski definition) is 0. The standard InChI is InChI=1S/C6H4N2O2/c1-4-8-5(2-7)6(3-9)10-4/h3H,1H3. The minimum atomic E-state index is 0.000000000000000222. The van der Waals surface area contributed by atoms with E-state index in [9.17, 15) is 4.79 Å². The fourth-order valence-corrected chi connectivity index (χ4v) is 0.603. The molecule has 0 spiro atoms. The van der Waals surface area contributed by atoms with Crippen LogP contribution in [0, 0.1) is 18.3 Å². The van der Waals surface area contributed by atoms with Crippen molar-refractivity contribution in [2.75, 3.05) is 0 Å². The van der Waals surface area contributed by atoms with E-state index in [-0.39, 0.29) is 11.5 Å². The van der Waals surface area contributed by atoms with E-state index >= 15 is 0 Å². The Morgan fingerprint density at radius 3 is 2.90 bits per heavy atom. The lowest BCUT2D eigenvalue weighted by molar-refractivity contribution is 0.109. The summed E-state index contributed by atoms with van der Waals surface area (Å²) in [5.74, 6) is 0.332. The van der Waals surface area contributed by atoms with E-state index < -0.39 is 0 Å². The second-order valence-electron chi connectivity index (χ2n) is 1.68. The van der Waals surface area contributed by atoms with Gasteiger partial charge in [-0.15, -0.1) is 0 Å². The molecular formula is C6H4N2O2. The highest BCUT2D eigenvalue weighted by Crippen LogP contribution is 2.05. The van der Waals surface area contributed by atoms with Gasteiger partial charge in [0.15, 0.2) is 17.9 Å². The zero-order valence-corrected chi connectivity index (χ0v) is 5.29. The summed E-state index contributed by atoms with van der Waals surface area (Å²) in [6.45, 7) is 1.58. The Morgan fingerprint density at radius 2 is 2.50 bits per heavy atom. The van der Waals surface area contributed by atoms with E-state index in [0.29, 0.717) is 12.2 Å². The van der Waals surface area contributed by atoms with Crippen LogP contribution in [-0.4, -0.2) is 11.3 Å². The van der Waals surface area contributed by atoms with E-state index in [1.807, 2.05) is 0 Å². The van der Waals surface area contributed by atoms with Crippen molar-refractivity contribution < 1.29 is 9.21 Å². The van der Waals surface area contributed by atoms with E-state index in [1.54, 1.807) is 13.0 Å². The van der Waals surface area contributed by atoms with Crippen LogP contribution in [0.4, 0.5) is 0 Å². The predicted octanol–water partition coefficient (Wildman–Crippen LogP) is 0.667. The van der Waals surface area contributed by atoms with Crippen LogP contribution in [0.5, 0.6) is 0 Å². The maximum atomic E-state index is 10.1. The molecule has 0 aliphatic heterocycles. The van der Waals surface area contributed by atoms with Crippen LogP contribution >= 0.6 is 0 Å². The molecule has 0 atom stereocenters. The highest BCUT2D eigenvalue weighted by Gasteiger charge is 2.07. The van der Waals surface area contributed by atoms with Crippen molar-refractivity contribution in [3.8, 4) is 6.07 Å². The molecule has 1 aromatic heterocycles. The third-order valence-corrected chi connectivity index (χ3v) is 0.973. The molecule has 0 aliphatic rings. The van der Waals surface area contributed by atoms with Crippen LogP contribution in [0.1, 0.15) is 22.1 Å². The Bertz CT molecular complexity index is 295. The average Bonchev–Trinajstić information content (AvgIpc) is 2.30. The van der Waals surface area contributed by atoms with Gasteiger partial charge in [0, 0.05) is 6.92 Å². The zero-order chi connectivity index (χ0) is 7.56. The molecule has 50 valence electrons. The van der Waals surface area contributed by atoms with Gasteiger partial charge in [0.1, 0.15) is 6.07 Å². The zero-order valence-electron chi connectivity index (χ0n) is 5.29. The molecule has 0 saturated heterocycles. The maximum Gasteiger partial charge on any atom is 0.205 e. The molecule has 0 bridgehead atoms. The number of oxazole rings is 1. The van der Waals surface area contributed by atoms with Crippen LogP contribution in [0.25, 0.3) is 0 Å². The van der Waals surface area contributed by atoms with Crippen molar-refractivity contribution in [2.45, 2.75) is 6.92 Å². The first-order chi connectivity index (χ1) is 4.77. The minimum Gasteiger partial charge on any atom is -0.437 e. The normalized spacial score (nSPS) is 8.80. The summed E-state index contributed by atoms with van der Waals surface area (Å²) in [5, 5.41) is 8.33. The first kappa shape index (κ1) is 6.49. The van der Waals surface area contributed by atoms with Crippen molar-refractivity contribution >= 4 is 6.29 Å². The molecule has 0 fully saturated rings. The van der Waals surface area contributed by atoms with Crippen molar-refractivity contribution in [3.63, 3.8) is 0 Å². The molecule has 1 rings (SSSR count).